The Morgan fingerprint density at radius 2 is 2.15 bits per heavy atom. The van der Waals surface area contributed by atoms with Crippen LogP contribution >= 0.6 is 15.9 Å². The number of carboxylic acids is 1. The van der Waals surface area contributed by atoms with Gasteiger partial charge in [-0.25, -0.2) is 0 Å². The van der Waals surface area contributed by atoms with Crippen LogP contribution in [-0.4, -0.2) is 30.1 Å². The van der Waals surface area contributed by atoms with E-state index in [9.17, 15) is 14.7 Å². The highest BCUT2D eigenvalue weighted by Crippen LogP contribution is 2.34. The van der Waals surface area contributed by atoms with Crippen LogP contribution in [0.2, 0.25) is 0 Å². The van der Waals surface area contributed by atoms with Gasteiger partial charge in [-0.15, -0.1) is 0 Å². The Hall–Kier alpha value is -1.56. The number of aliphatic carboxylic acids is 1. The molecule has 1 amide bonds. The van der Waals surface area contributed by atoms with Crippen LogP contribution < -0.4 is 10.6 Å². The van der Waals surface area contributed by atoms with Gasteiger partial charge in [0, 0.05) is 23.2 Å². The molecule has 1 aliphatic heterocycles. The van der Waals surface area contributed by atoms with E-state index in [1.807, 2.05) is 11.0 Å². The third-order valence-electron chi connectivity index (χ3n) is 3.78. The highest BCUT2D eigenvalue weighted by molar-refractivity contribution is 9.10. The van der Waals surface area contributed by atoms with E-state index in [2.05, 4.69) is 15.9 Å². The second-order valence-electron chi connectivity index (χ2n) is 5.42. The largest absolute Gasteiger partial charge is 0.481 e. The van der Waals surface area contributed by atoms with Crippen LogP contribution in [0.3, 0.4) is 0 Å². The Morgan fingerprint density at radius 3 is 2.75 bits per heavy atom. The lowest BCUT2D eigenvalue weighted by Crippen LogP contribution is -2.46. The zero-order chi connectivity index (χ0) is 14.9. The molecule has 0 aliphatic carbocycles. The van der Waals surface area contributed by atoms with Gasteiger partial charge in [0.15, 0.2) is 0 Å². The van der Waals surface area contributed by atoms with Gasteiger partial charge < -0.3 is 15.7 Å². The fraction of sp³-hybridized carbons (Fsp3) is 0.429. The van der Waals surface area contributed by atoms with Crippen LogP contribution in [0, 0.1) is 5.41 Å². The van der Waals surface area contributed by atoms with Crippen LogP contribution in [-0.2, 0) is 4.79 Å². The molecule has 0 bridgehead atoms. The molecule has 1 saturated heterocycles. The molecule has 0 saturated carbocycles. The molecular weight excluding hydrogens is 324 g/mol. The van der Waals surface area contributed by atoms with Gasteiger partial charge in [-0.2, -0.15) is 0 Å². The first kappa shape index (κ1) is 14.8. The van der Waals surface area contributed by atoms with Crippen molar-refractivity contribution >= 4 is 33.5 Å². The Labute approximate surface area is 125 Å². The number of hydrogen-bond donors (Lipinski definition) is 2. The average molecular weight is 341 g/mol. The summed E-state index contributed by atoms with van der Waals surface area (Å²) >= 11 is 3.31. The number of rotatable bonds is 3. The van der Waals surface area contributed by atoms with E-state index in [0.717, 1.165) is 17.4 Å². The molecule has 1 unspecified atom stereocenters. The van der Waals surface area contributed by atoms with Gasteiger partial charge >= 0.3 is 5.97 Å². The molecule has 0 aromatic heterocycles. The van der Waals surface area contributed by atoms with Gasteiger partial charge in [-0.1, -0.05) is 15.9 Å². The molecule has 5 nitrogen and oxygen atoms in total. The van der Waals surface area contributed by atoms with Gasteiger partial charge in [-0.05, 0) is 38.0 Å². The van der Waals surface area contributed by atoms with Crippen molar-refractivity contribution < 1.29 is 14.7 Å². The lowest BCUT2D eigenvalue weighted by Gasteiger charge is -2.39. The predicted octanol–water partition coefficient (Wildman–Crippen LogP) is 2.24. The molecule has 3 N–H and O–H groups in total. The van der Waals surface area contributed by atoms with E-state index in [-0.39, 0.29) is 0 Å². The molecule has 0 spiro atoms. The minimum absolute atomic E-state index is 0.379. The Morgan fingerprint density at radius 1 is 1.45 bits per heavy atom. The normalized spacial score (nSPS) is 22.6. The molecule has 1 aromatic rings. The third-order valence-corrected chi connectivity index (χ3v) is 4.27. The van der Waals surface area contributed by atoms with E-state index < -0.39 is 17.3 Å². The lowest BCUT2D eigenvalue weighted by atomic mass is 9.81. The average Bonchev–Trinajstić information content (AvgIpc) is 2.38. The molecule has 20 heavy (non-hydrogen) atoms. The van der Waals surface area contributed by atoms with Crippen LogP contribution in [0.4, 0.5) is 5.69 Å². The maximum absolute atomic E-state index is 11.6. The Kier molecular flexibility index (Phi) is 4.04. The molecule has 108 valence electrons. The van der Waals surface area contributed by atoms with Gasteiger partial charge in [0.2, 0.25) is 0 Å². The number of benzene rings is 1. The summed E-state index contributed by atoms with van der Waals surface area (Å²) in [5.41, 5.74) is 5.74. The van der Waals surface area contributed by atoms with Crippen LogP contribution in [0.5, 0.6) is 0 Å². The summed E-state index contributed by atoms with van der Waals surface area (Å²) in [5.74, 6) is -1.32. The highest BCUT2D eigenvalue weighted by atomic mass is 79.9. The number of primary amides is 1. The van der Waals surface area contributed by atoms with Crippen LogP contribution in [0.25, 0.3) is 0 Å². The van der Waals surface area contributed by atoms with E-state index in [1.165, 1.54) is 0 Å². The maximum atomic E-state index is 11.6. The second kappa shape index (κ2) is 5.44. The smallest absolute Gasteiger partial charge is 0.311 e. The first-order chi connectivity index (χ1) is 9.33. The maximum Gasteiger partial charge on any atom is 0.311 e. The first-order valence-electron chi connectivity index (χ1n) is 6.41. The molecule has 1 aromatic carbocycles. The summed E-state index contributed by atoms with van der Waals surface area (Å²) in [5, 5.41) is 9.36. The van der Waals surface area contributed by atoms with Crippen molar-refractivity contribution in [2.75, 3.05) is 18.0 Å². The molecule has 6 heteroatoms. The highest BCUT2D eigenvalue weighted by Gasteiger charge is 2.38. The minimum atomic E-state index is -0.806. The van der Waals surface area contributed by atoms with E-state index in [0.29, 0.717) is 24.2 Å². The number of amides is 1. The van der Waals surface area contributed by atoms with Gasteiger partial charge in [0.1, 0.15) is 0 Å². The SMILES string of the molecule is CC1(C(=O)O)CCCN(c2ccc(Br)cc2C(N)=O)C1. The van der Waals surface area contributed by atoms with Crippen molar-refractivity contribution in [1.29, 1.82) is 0 Å². The third kappa shape index (κ3) is 2.80. The number of carboxylic acid groups (broad SMARTS) is 1. The van der Waals surface area contributed by atoms with Crippen molar-refractivity contribution in [3.05, 3.63) is 28.2 Å². The van der Waals surface area contributed by atoms with Crippen molar-refractivity contribution in [3.8, 4) is 0 Å². The fourth-order valence-electron chi connectivity index (χ4n) is 2.60. The molecule has 1 fully saturated rings. The van der Waals surface area contributed by atoms with Crippen molar-refractivity contribution in [1.82, 2.24) is 0 Å². The summed E-state index contributed by atoms with van der Waals surface area (Å²) in [6, 6.07) is 5.30. The molecule has 2 rings (SSSR count). The van der Waals surface area contributed by atoms with Crippen molar-refractivity contribution in [2.45, 2.75) is 19.8 Å². The van der Waals surface area contributed by atoms with Crippen molar-refractivity contribution in [2.24, 2.45) is 11.1 Å². The molecule has 0 radical (unpaired) electrons. The minimum Gasteiger partial charge on any atom is -0.481 e. The summed E-state index contributed by atoms with van der Waals surface area (Å²) in [6.07, 6.45) is 1.42. The molecule has 1 aliphatic rings. The number of halogens is 1. The standard InChI is InChI=1S/C14H17BrN2O3/c1-14(13(19)20)5-2-6-17(8-14)11-4-3-9(15)7-10(11)12(16)18/h3-4,7H,2,5-6,8H2,1H3,(H2,16,18)(H,19,20). The van der Waals surface area contributed by atoms with Gasteiger partial charge in [-0.3, -0.25) is 9.59 Å². The topological polar surface area (TPSA) is 83.6 Å². The van der Waals surface area contributed by atoms with E-state index in [1.54, 1.807) is 19.1 Å². The number of carbonyl (C=O) groups is 2. The number of carbonyl (C=O) groups excluding carboxylic acids is 1. The summed E-state index contributed by atoms with van der Waals surface area (Å²) in [6.45, 7) is 2.85. The van der Waals surface area contributed by atoms with Crippen molar-refractivity contribution in [3.63, 3.8) is 0 Å². The number of hydrogen-bond acceptors (Lipinski definition) is 3. The van der Waals surface area contributed by atoms with Crippen LogP contribution in [0.15, 0.2) is 22.7 Å². The van der Waals surface area contributed by atoms with Gasteiger partial charge in [0.05, 0.1) is 11.0 Å². The Bertz CT molecular complexity index is 561. The summed E-state index contributed by atoms with van der Waals surface area (Å²) < 4.78 is 0.771. The number of nitrogens with two attached hydrogens (primary N) is 1. The van der Waals surface area contributed by atoms with Crippen LogP contribution in [0.1, 0.15) is 30.1 Å². The molecular formula is C14H17BrN2O3. The zero-order valence-corrected chi connectivity index (χ0v) is 12.8. The quantitative estimate of drug-likeness (QED) is 0.883. The van der Waals surface area contributed by atoms with Gasteiger partial charge in [0.25, 0.3) is 5.91 Å². The van der Waals surface area contributed by atoms with E-state index >= 15 is 0 Å². The molecule has 1 atom stereocenters. The number of anilines is 1. The number of nitrogens with zero attached hydrogens (tertiary/aromatic N) is 1. The predicted molar refractivity (Wildman–Crippen MR) is 79.8 cm³/mol. The Balaban J connectivity index is 2.37. The second-order valence-corrected chi connectivity index (χ2v) is 6.33. The number of piperidine rings is 1. The monoisotopic (exact) mass is 340 g/mol. The fourth-order valence-corrected chi connectivity index (χ4v) is 2.96. The summed E-state index contributed by atoms with van der Waals surface area (Å²) in [7, 11) is 0. The first-order valence-corrected chi connectivity index (χ1v) is 7.20. The zero-order valence-electron chi connectivity index (χ0n) is 11.2. The van der Waals surface area contributed by atoms with E-state index in [4.69, 9.17) is 5.73 Å². The summed E-state index contributed by atoms with van der Waals surface area (Å²) in [4.78, 5) is 24.9. The lowest BCUT2D eigenvalue weighted by molar-refractivity contribution is -0.148. The molecule has 1 heterocycles.